The maximum atomic E-state index is 5.49. The van der Waals surface area contributed by atoms with Crippen molar-refractivity contribution >= 4 is 15.9 Å². The van der Waals surface area contributed by atoms with Gasteiger partial charge in [0.1, 0.15) is 0 Å². The Balaban J connectivity index is 1.97. The van der Waals surface area contributed by atoms with E-state index in [0.29, 0.717) is 0 Å². The van der Waals surface area contributed by atoms with Gasteiger partial charge in [-0.3, -0.25) is 0 Å². The molecular formula is C15H23BrN2O2. The summed E-state index contributed by atoms with van der Waals surface area (Å²) in [6.45, 7) is 4.11. The van der Waals surface area contributed by atoms with Gasteiger partial charge in [0, 0.05) is 16.6 Å². The molecule has 0 bridgehead atoms. The van der Waals surface area contributed by atoms with Crippen LogP contribution < -0.4 is 20.1 Å². The lowest BCUT2D eigenvalue weighted by atomic mass is 9.98. The molecule has 1 heterocycles. The fourth-order valence-electron chi connectivity index (χ4n) is 2.62. The monoisotopic (exact) mass is 342 g/mol. The summed E-state index contributed by atoms with van der Waals surface area (Å²) < 4.78 is 11.9. The Labute approximate surface area is 129 Å². The van der Waals surface area contributed by atoms with Crippen molar-refractivity contribution < 1.29 is 9.47 Å². The normalized spacial score (nSPS) is 16.1. The van der Waals surface area contributed by atoms with E-state index in [1.807, 2.05) is 12.1 Å². The van der Waals surface area contributed by atoms with Crippen LogP contribution in [-0.4, -0.2) is 33.9 Å². The van der Waals surface area contributed by atoms with Crippen LogP contribution in [0.2, 0.25) is 0 Å². The summed E-state index contributed by atoms with van der Waals surface area (Å²) in [6.07, 6.45) is 2.51. The maximum Gasteiger partial charge on any atom is 0.166 e. The summed E-state index contributed by atoms with van der Waals surface area (Å²) in [5.74, 6) is 2.35. The van der Waals surface area contributed by atoms with Crippen molar-refractivity contribution in [1.29, 1.82) is 0 Å². The van der Waals surface area contributed by atoms with Crippen LogP contribution in [0, 0.1) is 5.92 Å². The standard InChI is InChI=1S/C15H23BrN2O2/c1-19-14-4-3-13(16)12(15(14)20-2)10-18-9-11-5-7-17-8-6-11/h3-4,11,17-18H,5-10H2,1-2H3. The summed E-state index contributed by atoms with van der Waals surface area (Å²) in [5.41, 5.74) is 1.11. The molecule has 1 aromatic rings. The number of hydrogen-bond acceptors (Lipinski definition) is 4. The van der Waals surface area contributed by atoms with E-state index in [9.17, 15) is 0 Å². The Morgan fingerprint density at radius 1 is 1.25 bits per heavy atom. The molecular weight excluding hydrogens is 320 g/mol. The zero-order chi connectivity index (χ0) is 14.4. The second kappa shape index (κ2) is 7.86. The third-order valence-electron chi connectivity index (χ3n) is 3.78. The summed E-state index contributed by atoms with van der Waals surface area (Å²) in [5, 5.41) is 6.94. The van der Waals surface area contributed by atoms with Crippen LogP contribution in [0.5, 0.6) is 11.5 Å². The van der Waals surface area contributed by atoms with Crippen molar-refractivity contribution in [3.8, 4) is 11.5 Å². The van der Waals surface area contributed by atoms with Crippen molar-refractivity contribution in [3.05, 3.63) is 22.2 Å². The highest BCUT2D eigenvalue weighted by Crippen LogP contribution is 2.35. The highest BCUT2D eigenvalue weighted by molar-refractivity contribution is 9.10. The number of halogens is 1. The highest BCUT2D eigenvalue weighted by atomic mass is 79.9. The quantitative estimate of drug-likeness (QED) is 0.833. The average molecular weight is 343 g/mol. The van der Waals surface area contributed by atoms with Gasteiger partial charge < -0.3 is 20.1 Å². The smallest absolute Gasteiger partial charge is 0.166 e. The summed E-state index contributed by atoms with van der Waals surface area (Å²) >= 11 is 3.59. The first-order valence-electron chi connectivity index (χ1n) is 7.07. The van der Waals surface area contributed by atoms with Crippen LogP contribution >= 0.6 is 15.9 Å². The van der Waals surface area contributed by atoms with Crippen molar-refractivity contribution in [1.82, 2.24) is 10.6 Å². The van der Waals surface area contributed by atoms with Gasteiger partial charge in [0.2, 0.25) is 0 Å². The van der Waals surface area contributed by atoms with Crippen LogP contribution in [0.1, 0.15) is 18.4 Å². The van der Waals surface area contributed by atoms with Crippen LogP contribution in [-0.2, 0) is 6.54 Å². The van der Waals surface area contributed by atoms with Gasteiger partial charge in [0.05, 0.1) is 14.2 Å². The van der Waals surface area contributed by atoms with E-state index < -0.39 is 0 Å². The molecule has 0 unspecified atom stereocenters. The minimum absolute atomic E-state index is 0.770. The number of benzene rings is 1. The van der Waals surface area contributed by atoms with E-state index in [1.54, 1.807) is 14.2 Å². The van der Waals surface area contributed by atoms with Gasteiger partial charge in [-0.15, -0.1) is 0 Å². The van der Waals surface area contributed by atoms with Gasteiger partial charge in [0.25, 0.3) is 0 Å². The average Bonchev–Trinajstić information content (AvgIpc) is 2.49. The van der Waals surface area contributed by atoms with E-state index >= 15 is 0 Å². The number of rotatable bonds is 6. The van der Waals surface area contributed by atoms with E-state index in [2.05, 4.69) is 26.6 Å². The van der Waals surface area contributed by atoms with E-state index in [-0.39, 0.29) is 0 Å². The zero-order valence-electron chi connectivity index (χ0n) is 12.2. The van der Waals surface area contributed by atoms with Crippen molar-refractivity contribution in [2.24, 2.45) is 5.92 Å². The second-order valence-electron chi connectivity index (χ2n) is 5.09. The Hall–Kier alpha value is -0.780. The molecule has 1 saturated heterocycles. The lowest BCUT2D eigenvalue weighted by Gasteiger charge is -2.23. The molecule has 0 spiro atoms. The predicted octanol–water partition coefficient (Wildman–Crippen LogP) is 2.56. The Bertz CT molecular complexity index is 434. The number of piperidine rings is 1. The SMILES string of the molecule is COc1ccc(Br)c(CNCC2CCNCC2)c1OC. The van der Waals surface area contributed by atoms with E-state index in [4.69, 9.17) is 9.47 Å². The van der Waals surface area contributed by atoms with E-state index in [1.165, 1.54) is 12.8 Å². The lowest BCUT2D eigenvalue weighted by molar-refractivity contribution is 0.343. The predicted molar refractivity (Wildman–Crippen MR) is 84.5 cm³/mol. The molecule has 0 saturated carbocycles. The van der Waals surface area contributed by atoms with Crippen molar-refractivity contribution in [3.63, 3.8) is 0 Å². The number of hydrogen-bond donors (Lipinski definition) is 2. The first kappa shape index (κ1) is 15.6. The number of nitrogens with one attached hydrogen (secondary N) is 2. The van der Waals surface area contributed by atoms with Crippen LogP contribution in [0.15, 0.2) is 16.6 Å². The topological polar surface area (TPSA) is 42.5 Å². The molecule has 1 fully saturated rings. The molecule has 0 atom stereocenters. The van der Waals surface area contributed by atoms with Gasteiger partial charge >= 0.3 is 0 Å². The molecule has 20 heavy (non-hydrogen) atoms. The van der Waals surface area contributed by atoms with Gasteiger partial charge in [-0.1, -0.05) is 15.9 Å². The molecule has 1 aliphatic heterocycles. The summed E-state index contributed by atoms with van der Waals surface area (Å²) in [7, 11) is 3.35. The van der Waals surface area contributed by atoms with Gasteiger partial charge in [-0.2, -0.15) is 0 Å². The molecule has 1 aromatic carbocycles. The largest absolute Gasteiger partial charge is 0.493 e. The molecule has 4 nitrogen and oxygen atoms in total. The minimum Gasteiger partial charge on any atom is -0.493 e. The summed E-state index contributed by atoms with van der Waals surface area (Å²) in [4.78, 5) is 0. The molecule has 2 rings (SSSR count). The molecule has 0 radical (unpaired) electrons. The van der Waals surface area contributed by atoms with E-state index in [0.717, 1.165) is 53.6 Å². The molecule has 0 amide bonds. The zero-order valence-corrected chi connectivity index (χ0v) is 13.8. The molecule has 5 heteroatoms. The van der Waals surface area contributed by atoms with Gasteiger partial charge in [0.15, 0.2) is 11.5 Å². The van der Waals surface area contributed by atoms with Crippen LogP contribution in [0.3, 0.4) is 0 Å². The molecule has 112 valence electrons. The maximum absolute atomic E-state index is 5.49. The second-order valence-corrected chi connectivity index (χ2v) is 5.94. The lowest BCUT2D eigenvalue weighted by Crippen LogP contribution is -2.33. The van der Waals surface area contributed by atoms with Crippen LogP contribution in [0.4, 0.5) is 0 Å². The van der Waals surface area contributed by atoms with Crippen LogP contribution in [0.25, 0.3) is 0 Å². The molecule has 1 aliphatic rings. The van der Waals surface area contributed by atoms with Crippen molar-refractivity contribution in [2.75, 3.05) is 33.9 Å². The first-order valence-corrected chi connectivity index (χ1v) is 7.86. The van der Waals surface area contributed by atoms with Gasteiger partial charge in [-0.25, -0.2) is 0 Å². The number of methoxy groups -OCH3 is 2. The molecule has 0 aromatic heterocycles. The fourth-order valence-corrected chi connectivity index (χ4v) is 3.07. The Morgan fingerprint density at radius 2 is 2.00 bits per heavy atom. The molecule has 0 aliphatic carbocycles. The molecule has 2 N–H and O–H groups in total. The Morgan fingerprint density at radius 3 is 2.65 bits per heavy atom. The Kier molecular flexibility index (Phi) is 6.13. The number of ether oxygens (including phenoxy) is 2. The highest BCUT2D eigenvalue weighted by Gasteiger charge is 2.15. The summed E-state index contributed by atoms with van der Waals surface area (Å²) in [6, 6.07) is 3.92. The third-order valence-corrected chi connectivity index (χ3v) is 4.53. The van der Waals surface area contributed by atoms with Crippen molar-refractivity contribution in [2.45, 2.75) is 19.4 Å². The minimum atomic E-state index is 0.770. The van der Waals surface area contributed by atoms with Gasteiger partial charge in [-0.05, 0) is 50.5 Å². The first-order chi connectivity index (χ1) is 9.76. The fraction of sp³-hybridized carbons (Fsp3) is 0.600. The third kappa shape index (κ3) is 3.87.